The van der Waals surface area contributed by atoms with E-state index in [0.29, 0.717) is 18.1 Å². The summed E-state index contributed by atoms with van der Waals surface area (Å²) in [5.41, 5.74) is 22.6. The van der Waals surface area contributed by atoms with Crippen LogP contribution in [0.3, 0.4) is 0 Å². The van der Waals surface area contributed by atoms with Crippen molar-refractivity contribution in [2.45, 2.75) is 139 Å². The Hall–Kier alpha value is -1.96. The van der Waals surface area contributed by atoms with E-state index in [1.54, 1.807) is 33.4 Å². The normalized spacial score (nSPS) is 33.8. The molecule has 0 radical (unpaired) electrons. The molecule has 0 aliphatic heterocycles. The molecule has 14 rings (SSSR count). The van der Waals surface area contributed by atoms with Crippen LogP contribution in [0.4, 0.5) is 0 Å². The van der Waals surface area contributed by atoms with E-state index in [4.69, 9.17) is 0 Å². The molecule has 0 heterocycles. The molecule has 0 spiro atoms. The summed E-state index contributed by atoms with van der Waals surface area (Å²) in [6.07, 6.45) is 24.2. The number of hydrogen-bond donors (Lipinski definition) is 0. The molecule has 10 aliphatic rings. The first kappa shape index (κ1) is 43.0. The van der Waals surface area contributed by atoms with Crippen LogP contribution in [-0.4, -0.2) is 6.88 Å². The van der Waals surface area contributed by atoms with Crippen LogP contribution in [0.25, 0.3) is 34.4 Å². The van der Waals surface area contributed by atoms with Crippen molar-refractivity contribution in [1.82, 2.24) is 0 Å². The van der Waals surface area contributed by atoms with Gasteiger partial charge in [-0.2, -0.15) is 0 Å². The van der Waals surface area contributed by atoms with E-state index in [2.05, 4.69) is 129 Å². The Labute approximate surface area is 382 Å². The van der Waals surface area contributed by atoms with Gasteiger partial charge in [0.2, 0.25) is 0 Å². The molecular formula is C57H70Cl2SiZr. The number of hydrogen-bond acceptors (Lipinski definition) is 0. The van der Waals surface area contributed by atoms with Crippen LogP contribution in [0, 0.1) is 49.4 Å². The maximum absolute atomic E-state index is 3.76. The van der Waals surface area contributed by atoms with E-state index in [1.165, 1.54) is 122 Å². The number of benzene rings is 4. The molecular weight excluding hydrogens is 875 g/mol. The van der Waals surface area contributed by atoms with Gasteiger partial charge in [0, 0.05) is 0 Å². The second-order valence-corrected chi connectivity index (χ2v) is 54.3. The average molecular weight is 945 g/mol. The summed E-state index contributed by atoms with van der Waals surface area (Å²) < 4.78 is 6.77. The molecule has 61 heavy (non-hydrogen) atoms. The van der Waals surface area contributed by atoms with Crippen LogP contribution in [0.5, 0.6) is 0 Å². The van der Waals surface area contributed by atoms with Crippen molar-refractivity contribution in [2.75, 3.05) is 0 Å². The first-order valence-corrected chi connectivity index (χ1v) is 37.9. The Kier molecular flexibility index (Phi) is 10.4. The van der Waals surface area contributed by atoms with Crippen molar-refractivity contribution in [2.24, 2.45) is 35.5 Å². The zero-order valence-electron chi connectivity index (χ0n) is 37.9. The van der Waals surface area contributed by atoms with E-state index >= 15 is 0 Å². The van der Waals surface area contributed by atoms with E-state index in [9.17, 15) is 0 Å². The minimum Gasteiger partial charge on any atom is -0.147 e. The fourth-order valence-electron chi connectivity index (χ4n) is 17.8. The SMILES string of the molecule is CCC1=Cc2c(-c3ccc(C45CC6CC(CC(C6)C4)C5)cc3)ccc(C)c2[CH]1[Zr]([CH3])([CH3])(=[SiH2])[CH]1C(C)=Cc2c(-c3ccc(C45CC6CC(CC(C6)C4)C5)cc3)ccc(C)c21.Cl.Cl. The van der Waals surface area contributed by atoms with Crippen LogP contribution >= 0.6 is 24.8 Å². The first-order chi connectivity index (χ1) is 28.3. The van der Waals surface area contributed by atoms with E-state index < -0.39 is 17.4 Å². The monoisotopic (exact) mass is 942 g/mol. The van der Waals surface area contributed by atoms with Crippen molar-refractivity contribution in [3.8, 4) is 22.3 Å². The van der Waals surface area contributed by atoms with Gasteiger partial charge in [-0.15, -0.1) is 24.8 Å². The fourth-order valence-corrected chi connectivity index (χ4v) is 38.6. The second-order valence-electron chi connectivity index (χ2n) is 23.8. The molecule has 4 heteroatoms. The summed E-state index contributed by atoms with van der Waals surface area (Å²) in [6, 6.07) is 30.2. The Morgan fingerprint density at radius 2 is 0.869 bits per heavy atom. The van der Waals surface area contributed by atoms with Crippen LogP contribution in [0.1, 0.15) is 149 Å². The standard InChI is InChI=1S/C28H31.C27H29.2CH3.2ClH.H2Si.Zr/c1-3-19-13-26-18(2)4-9-25(27(26)14-19)23-5-7-24(8-6-23)28-15-20-10-21(16-28)12-22(11-20)17-28;1-17-9-25-18(2)3-8-24(26(25)10-17)22-4-6-23(7-5-22)27-14-19-11-20(15-27)13-21(12-19)16-27;;;;;;/h4-9,13-14,20-22H,3,10-12,15-17H2,1-2H3;3-10,19-21H,11-16H2,1-2H3;2*1H3;2*1H;1H2;. The molecule has 8 fully saturated rings. The van der Waals surface area contributed by atoms with Gasteiger partial charge in [-0.25, -0.2) is 0 Å². The molecule has 320 valence electrons. The van der Waals surface area contributed by atoms with Crippen molar-refractivity contribution < 1.29 is 17.4 Å². The number of fused-ring (bicyclic) bond motifs is 2. The average Bonchev–Trinajstić information content (AvgIpc) is 3.78. The summed E-state index contributed by atoms with van der Waals surface area (Å²) in [7, 11) is 0. The third-order valence-corrected chi connectivity index (χ3v) is 36.7. The zero-order chi connectivity index (χ0) is 40.2. The van der Waals surface area contributed by atoms with Gasteiger partial charge in [0.25, 0.3) is 0 Å². The molecule has 0 saturated heterocycles. The van der Waals surface area contributed by atoms with Gasteiger partial charge in [-0.3, -0.25) is 0 Å². The summed E-state index contributed by atoms with van der Waals surface area (Å²) >= 11 is -3.76. The van der Waals surface area contributed by atoms with Crippen molar-refractivity contribution in [3.05, 3.63) is 128 Å². The fraction of sp³-hybridized carbons (Fsp3) is 0.509. The van der Waals surface area contributed by atoms with Gasteiger partial charge >= 0.3 is 361 Å². The minimum absolute atomic E-state index is 0. The van der Waals surface area contributed by atoms with Crippen molar-refractivity contribution in [1.29, 1.82) is 0 Å². The maximum Gasteiger partial charge on any atom is -0.147 e. The van der Waals surface area contributed by atoms with Crippen LogP contribution in [-0.2, 0) is 28.2 Å². The van der Waals surface area contributed by atoms with Crippen molar-refractivity contribution in [3.63, 3.8) is 0 Å². The molecule has 8 bridgehead atoms. The number of allylic oxidation sites excluding steroid dienone is 2. The Morgan fingerprint density at radius 3 is 1.25 bits per heavy atom. The summed E-state index contributed by atoms with van der Waals surface area (Å²) in [4.78, 5) is 0. The van der Waals surface area contributed by atoms with Crippen LogP contribution in [0.2, 0.25) is 9.26 Å². The molecule has 0 aromatic heterocycles. The minimum atomic E-state index is -3.76. The Balaban J connectivity index is 0.00000223. The number of halogens is 2. The van der Waals surface area contributed by atoms with Gasteiger partial charge in [-0.1, -0.05) is 0 Å². The van der Waals surface area contributed by atoms with E-state index in [0.717, 1.165) is 41.9 Å². The predicted molar refractivity (Wildman–Crippen MR) is 265 cm³/mol. The van der Waals surface area contributed by atoms with Gasteiger partial charge < -0.3 is 0 Å². The second kappa shape index (κ2) is 14.8. The van der Waals surface area contributed by atoms with Crippen LogP contribution < -0.4 is 0 Å². The quantitative estimate of drug-likeness (QED) is 0.162. The molecule has 0 amide bonds. The first-order valence-electron chi connectivity index (χ1n) is 24.2. The smallest absolute Gasteiger partial charge is 0.147 e. The van der Waals surface area contributed by atoms with Gasteiger partial charge in [0.15, 0.2) is 0 Å². The molecule has 4 aromatic carbocycles. The van der Waals surface area contributed by atoms with Crippen LogP contribution in [0.15, 0.2) is 83.9 Å². The largest absolute Gasteiger partial charge is 0.147 e. The molecule has 4 aromatic rings. The summed E-state index contributed by atoms with van der Waals surface area (Å²) in [5, 5.41) is 0. The molecule has 8 saturated carbocycles. The van der Waals surface area contributed by atoms with Crippen molar-refractivity contribution >= 4 is 43.8 Å². The summed E-state index contributed by atoms with van der Waals surface area (Å²) in [6.45, 7) is 12.3. The third kappa shape index (κ3) is 6.46. The van der Waals surface area contributed by atoms with E-state index in [-0.39, 0.29) is 24.8 Å². The maximum atomic E-state index is 2.85. The predicted octanol–water partition coefficient (Wildman–Crippen LogP) is 15.8. The van der Waals surface area contributed by atoms with Gasteiger partial charge in [0.1, 0.15) is 0 Å². The molecule has 2 unspecified atom stereocenters. The van der Waals surface area contributed by atoms with Gasteiger partial charge in [-0.05, 0) is 0 Å². The molecule has 0 N–H and O–H groups in total. The Bertz CT molecular complexity index is 2490. The van der Waals surface area contributed by atoms with E-state index in [1.807, 2.05) is 0 Å². The van der Waals surface area contributed by atoms with Gasteiger partial charge in [0.05, 0.1) is 0 Å². The molecule has 0 nitrogen and oxygen atoms in total. The zero-order valence-corrected chi connectivity index (χ0v) is 43.4. The third-order valence-electron chi connectivity index (χ3n) is 19.1. The number of rotatable bonds is 7. The molecule has 10 aliphatic carbocycles. The molecule has 2 atom stereocenters. The number of aryl methyl sites for hydroxylation is 2. The Morgan fingerprint density at radius 1 is 0.508 bits per heavy atom. The topological polar surface area (TPSA) is 0 Å². The summed E-state index contributed by atoms with van der Waals surface area (Å²) in [5.74, 6) is 5.89.